The minimum absolute atomic E-state index is 0.273. The highest BCUT2D eigenvalue weighted by molar-refractivity contribution is 5.75. The maximum atomic E-state index is 11.8. The number of carbonyl (C=O) groups excluding carboxylic acids is 1. The predicted molar refractivity (Wildman–Crippen MR) is 76.8 cm³/mol. The number of hydrogen-bond donors (Lipinski definition) is 2. The Balaban J connectivity index is 1.26. The summed E-state index contributed by atoms with van der Waals surface area (Å²) in [6.07, 6.45) is 10.1. The van der Waals surface area contributed by atoms with Crippen molar-refractivity contribution in [3.05, 3.63) is 0 Å². The van der Waals surface area contributed by atoms with Gasteiger partial charge in [-0.2, -0.15) is 0 Å². The Morgan fingerprint density at radius 2 is 2.11 bits per heavy atom. The summed E-state index contributed by atoms with van der Waals surface area (Å²) in [5, 5.41) is 6.49. The van der Waals surface area contributed by atoms with E-state index in [1.807, 2.05) is 0 Å². The normalized spacial score (nSPS) is 36.8. The Labute approximate surface area is 116 Å². The van der Waals surface area contributed by atoms with Crippen LogP contribution in [0.5, 0.6) is 0 Å². The van der Waals surface area contributed by atoms with E-state index in [-0.39, 0.29) is 5.91 Å². The van der Waals surface area contributed by atoms with Crippen molar-refractivity contribution in [3.8, 4) is 0 Å². The van der Waals surface area contributed by atoms with Crippen molar-refractivity contribution in [1.29, 1.82) is 0 Å². The Morgan fingerprint density at radius 1 is 1.16 bits per heavy atom. The number of rotatable bonds is 6. The van der Waals surface area contributed by atoms with Crippen LogP contribution < -0.4 is 10.6 Å². The molecule has 108 valence electrons. The zero-order valence-corrected chi connectivity index (χ0v) is 12.0. The Hall–Kier alpha value is -0.570. The summed E-state index contributed by atoms with van der Waals surface area (Å²) in [7, 11) is 0. The van der Waals surface area contributed by atoms with Gasteiger partial charge in [0.15, 0.2) is 0 Å². The molecule has 1 aliphatic heterocycles. The lowest BCUT2D eigenvalue weighted by molar-refractivity contribution is -0.121. The first kappa shape index (κ1) is 13.4. The van der Waals surface area contributed by atoms with Gasteiger partial charge in [-0.25, -0.2) is 0 Å². The van der Waals surface area contributed by atoms with Crippen LogP contribution >= 0.6 is 0 Å². The molecule has 0 aromatic heterocycles. The molecule has 4 unspecified atom stereocenters. The number of hydrogen-bond acceptors (Lipinski definition) is 2. The fraction of sp³-hybridized carbons (Fsp3) is 0.938. The maximum absolute atomic E-state index is 11.8. The largest absolute Gasteiger partial charge is 0.356 e. The van der Waals surface area contributed by atoms with Gasteiger partial charge < -0.3 is 10.6 Å². The van der Waals surface area contributed by atoms with Gasteiger partial charge in [0.1, 0.15) is 0 Å². The molecule has 2 aliphatic carbocycles. The van der Waals surface area contributed by atoms with Gasteiger partial charge in [0, 0.05) is 13.0 Å². The Bertz CT molecular complexity index is 312. The van der Waals surface area contributed by atoms with Crippen LogP contribution in [0.3, 0.4) is 0 Å². The third kappa shape index (κ3) is 3.50. The summed E-state index contributed by atoms with van der Waals surface area (Å²) in [6, 6.07) is 0. The predicted octanol–water partition coefficient (Wildman–Crippen LogP) is 2.32. The summed E-state index contributed by atoms with van der Waals surface area (Å²) < 4.78 is 0. The van der Waals surface area contributed by atoms with Crippen molar-refractivity contribution in [1.82, 2.24) is 10.6 Å². The van der Waals surface area contributed by atoms with Gasteiger partial charge in [-0.3, -0.25) is 4.79 Å². The SMILES string of the molecule is O=C(CCC1CCNC1)NCCC1CC2CCC1C2. The minimum Gasteiger partial charge on any atom is -0.356 e. The van der Waals surface area contributed by atoms with Gasteiger partial charge in [0.25, 0.3) is 0 Å². The number of fused-ring (bicyclic) bond motifs is 2. The zero-order chi connectivity index (χ0) is 13.1. The molecule has 3 fully saturated rings. The Morgan fingerprint density at radius 3 is 2.79 bits per heavy atom. The molecule has 2 saturated carbocycles. The summed E-state index contributed by atoms with van der Waals surface area (Å²) in [6.45, 7) is 3.16. The maximum Gasteiger partial charge on any atom is 0.220 e. The fourth-order valence-corrected chi connectivity index (χ4v) is 4.51. The van der Waals surface area contributed by atoms with Gasteiger partial charge in [0.2, 0.25) is 5.91 Å². The summed E-state index contributed by atoms with van der Waals surface area (Å²) in [4.78, 5) is 11.8. The summed E-state index contributed by atoms with van der Waals surface area (Å²) >= 11 is 0. The summed E-state index contributed by atoms with van der Waals surface area (Å²) in [5.74, 6) is 3.94. The fourth-order valence-electron chi connectivity index (χ4n) is 4.51. The van der Waals surface area contributed by atoms with Gasteiger partial charge in [-0.15, -0.1) is 0 Å². The molecule has 4 atom stereocenters. The second kappa shape index (κ2) is 6.25. The van der Waals surface area contributed by atoms with Crippen molar-refractivity contribution in [2.45, 2.75) is 51.4 Å². The monoisotopic (exact) mass is 264 g/mol. The number of carbonyl (C=O) groups is 1. The highest BCUT2D eigenvalue weighted by Gasteiger charge is 2.38. The molecule has 2 N–H and O–H groups in total. The van der Waals surface area contributed by atoms with E-state index in [0.29, 0.717) is 0 Å². The van der Waals surface area contributed by atoms with Crippen molar-refractivity contribution in [2.75, 3.05) is 19.6 Å². The third-order valence-corrected chi connectivity index (χ3v) is 5.66. The van der Waals surface area contributed by atoms with Gasteiger partial charge >= 0.3 is 0 Å². The summed E-state index contributed by atoms with van der Waals surface area (Å²) in [5.41, 5.74) is 0. The minimum atomic E-state index is 0.273. The average molecular weight is 264 g/mol. The molecule has 1 heterocycles. The van der Waals surface area contributed by atoms with Gasteiger partial charge in [0.05, 0.1) is 0 Å². The lowest BCUT2D eigenvalue weighted by Gasteiger charge is -2.21. The van der Waals surface area contributed by atoms with Crippen LogP contribution in [-0.2, 0) is 4.79 Å². The molecule has 3 aliphatic rings. The van der Waals surface area contributed by atoms with E-state index in [4.69, 9.17) is 0 Å². The third-order valence-electron chi connectivity index (χ3n) is 5.66. The molecule has 3 rings (SSSR count). The topological polar surface area (TPSA) is 41.1 Å². The molecule has 1 amide bonds. The quantitative estimate of drug-likeness (QED) is 0.773. The van der Waals surface area contributed by atoms with E-state index in [1.165, 1.54) is 38.5 Å². The van der Waals surface area contributed by atoms with Crippen LogP contribution in [0.2, 0.25) is 0 Å². The van der Waals surface area contributed by atoms with Crippen molar-refractivity contribution in [3.63, 3.8) is 0 Å². The molecule has 3 nitrogen and oxygen atoms in total. The molecule has 1 saturated heterocycles. The van der Waals surface area contributed by atoms with Crippen LogP contribution in [0.1, 0.15) is 51.4 Å². The first-order valence-corrected chi connectivity index (χ1v) is 8.28. The van der Waals surface area contributed by atoms with E-state index in [0.717, 1.165) is 56.1 Å². The van der Waals surface area contributed by atoms with Crippen LogP contribution in [-0.4, -0.2) is 25.5 Å². The van der Waals surface area contributed by atoms with Crippen LogP contribution in [0.25, 0.3) is 0 Å². The standard InChI is InChI=1S/C16H28N2O/c19-16(4-2-12-5-7-17-11-12)18-8-6-15-10-13-1-3-14(15)9-13/h12-15,17H,1-11H2,(H,18,19). The van der Waals surface area contributed by atoms with Crippen LogP contribution in [0, 0.1) is 23.7 Å². The lowest BCUT2D eigenvalue weighted by Crippen LogP contribution is -2.27. The molecule has 3 heteroatoms. The van der Waals surface area contributed by atoms with Gasteiger partial charge in [-0.1, -0.05) is 6.42 Å². The highest BCUT2D eigenvalue weighted by atomic mass is 16.1. The zero-order valence-electron chi connectivity index (χ0n) is 12.0. The molecular weight excluding hydrogens is 236 g/mol. The number of nitrogens with one attached hydrogen (secondary N) is 2. The molecule has 0 radical (unpaired) electrons. The van der Waals surface area contributed by atoms with Crippen molar-refractivity contribution < 1.29 is 4.79 Å². The van der Waals surface area contributed by atoms with E-state index < -0.39 is 0 Å². The van der Waals surface area contributed by atoms with Crippen molar-refractivity contribution >= 4 is 5.91 Å². The van der Waals surface area contributed by atoms with E-state index in [9.17, 15) is 4.79 Å². The highest BCUT2D eigenvalue weighted by Crippen LogP contribution is 2.49. The van der Waals surface area contributed by atoms with Crippen LogP contribution in [0.15, 0.2) is 0 Å². The molecule has 2 bridgehead atoms. The van der Waals surface area contributed by atoms with E-state index in [1.54, 1.807) is 0 Å². The second-order valence-electron chi connectivity index (χ2n) is 6.97. The first-order chi connectivity index (χ1) is 9.31. The lowest BCUT2D eigenvalue weighted by atomic mass is 9.86. The first-order valence-electron chi connectivity index (χ1n) is 8.28. The molecule has 0 aromatic carbocycles. The molecular formula is C16H28N2O. The van der Waals surface area contributed by atoms with Gasteiger partial charge in [-0.05, 0) is 75.3 Å². The average Bonchev–Trinajstić information content (AvgIpc) is 3.13. The smallest absolute Gasteiger partial charge is 0.220 e. The number of amides is 1. The molecule has 0 spiro atoms. The van der Waals surface area contributed by atoms with Crippen LogP contribution in [0.4, 0.5) is 0 Å². The van der Waals surface area contributed by atoms with E-state index >= 15 is 0 Å². The second-order valence-corrected chi connectivity index (χ2v) is 6.97. The Kier molecular flexibility index (Phi) is 4.42. The molecule has 0 aromatic rings. The van der Waals surface area contributed by atoms with Crippen molar-refractivity contribution in [2.24, 2.45) is 23.7 Å². The molecule has 19 heavy (non-hydrogen) atoms. The van der Waals surface area contributed by atoms with E-state index in [2.05, 4.69) is 10.6 Å².